The van der Waals surface area contributed by atoms with Crippen LogP contribution in [0.3, 0.4) is 0 Å². The molecular weight excluding hydrogens is 276 g/mol. The molecule has 118 valence electrons. The van der Waals surface area contributed by atoms with Gasteiger partial charge in [-0.3, -0.25) is 0 Å². The van der Waals surface area contributed by atoms with Crippen LogP contribution in [-0.4, -0.2) is 54.4 Å². The van der Waals surface area contributed by atoms with E-state index in [0.29, 0.717) is 19.6 Å². The summed E-state index contributed by atoms with van der Waals surface area (Å²) in [6.07, 6.45) is 5.64. The second-order valence-corrected chi connectivity index (χ2v) is 8.40. The van der Waals surface area contributed by atoms with E-state index in [-0.39, 0.29) is 18.1 Å². The minimum Gasteiger partial charge on any atom is -0.395 e. The first-order valence-corrected chi connectivity index (χ1v) is 9.20. The van der Waals surface area contributed by atoms with Crippen molar-refractivity contribution >= 4 is 10.2 Å². The van der Waals surface area contributed by atoms with E-state index in [2.05, 4.69) is 13.8 Å². The van der Waals surface area contributed by atoms with Gasteiger partial charge in [-0.25, -0.2) is 0 Å². The summed E-state index contributed by atoms with van der Waals surface area (Å²) in [6, 6.07) is -0.228. The highest BCUT2D eigenvalue weighted by atomic mass is 32.2. The highest BCUT2D eigenvalue weighted by Crippen LogP contribution is 2.35. The lowest BCUT2D eigenvalue weighted by Gasteiger charge is -2.42. The number of aliphatic hydroxyl groups is 1. The molecule has 2 saturated heterocycles. The van der Waals surface area contributed by atoms with Crippen molar-refractivity contribution in [3.8, 4) is 0 Å². The number of nitrogens with zero attached hydrogens (tertiary/aromatic N) is 2. The molecule has 0 spiro atoms. The normalized spacial score (nSPS) is 29.4. The van der Waals surface area contributed by atoms with Crippen molar-refractivity contribution in [2.45, 2.75) is 58.4 Å². The fraction of sp³-hybridized carbons (Fsp3) is 1.00. The van der Waals surface area contributed by atoms with E-state index in [1.165, 1.54) is 4.31 Å². The molecule has 2 aliphatic rings. The lowest BCUT2D eigenvalue weighted by molar-refractivity contribution is 0.130. The minimum atomic E-state index is -3.40. The van der Waals surface area contributed by atoms with Crippen LogP contribution in [0.4, 0.5) is 0 Å². The first-order valence-electron chi connectivity index (χ1n) is 7.81. The van der Waals surface area contributed by atoms with E-state index >= 15 is 0 Å². The van der Waals surface area contributed by atoms with Crippen molar-refractivity contribution in [3.05, 3.63) is 0 Å². The Morgan fingerprint density at radius 1 is 1.20 bits per heavy atom. The number of hydrogen-bond donors (Lipinski definition) is 1. The lowest BCUT2D eigenvalue weighted by atomic mass is 9.79. The van der Waals surface area contributed by atoms with Gasteiger partial charge in [0.05, 0.1) is 6.61 Å². The van der Waals surface area contributed by atoms with E-state index in [1.54, 1.807) is 4.31 Å². The molecule has 0 saturated carbocycles. The van der Waals surface area contributed by atoms with Gasteiger partial charge in [-0.15, -0.1) is 0 Å². The number of rotatable bonds is 4. The average molecular weight is 304 g/mol. The third-order valence-electron chi connectivity index (χ3n) is 5.19. The van der Waals surface area contributed by atoms with Gasteiger partial charge < -0.3 is 5.11 Å². The summed E-state index contributed by atoms with van der Waals surface area (Å²) in [6.45, 7) is 6.13. The van der Waals surface area contributed by atoms with Crippen molar-refractivity contribution in [1.82, 2.24) is 8.61 Å². The summed E-state index contributed by atoms with van der Waals surface area (Å²) < 4.78 is 28.7. The van der Waals surface area contributed by atoms with Crippen molar-refractivity contribution in [3.63, 3.8) is 0 Å². The first-order chi connectivity index (χ1) is 9.43. The number of aliphatic hydroxyl groups excluding tert-OH is 1. The molecule has 0 aromatic rings. The van der Waals surface area contributed by atoms with Crippen LogP contribution in [0, 0.1) is 5.41 Å². The van der Waals surface area contributed by atoms with Gasteiger partial charge in [0, 0.05) is 25.7 Å². The third-order valence-corrected chi connectivity index (χ3v) is 7.28. The van der Waals surface area contributed by atoms with Crippen LogP contribution in [0.25, 0.3) is 0 Å². The lowest BCUT2D eigenvalue weighted by Crippen LogP contribution is -2.54. The highest BCUT2D eigenvalue weighted by molar-refractivity contribution is 7.86. The maximum absolute atomic E-state index is 12.8. The zero-order chi connectivity index (χ0) is 14.8. The van der Waals surface area contributed by atoms with Gasteiger partial charge in [-0.1, -0.05) is 26.7 Å². The van der Waals surface area contributed by atoms with E-state index in [1.807, 2.05) is 0 Å². The molecule has 1 N–H and O–H groups in total. The Hall–Kier alpha value is -0.170. The van der Waals surface area contributed by atoms with Gasteiger partial charge in [-0.2, -0.15) is 17.0 Å². The molecule has 2 aliphatic heterocycles. The SMILES string of the molecule is CCC1(C)CCN(S(=O)(=O)N2CCCCC2CO)CC1. The van der Waals surface area contributed by atoms with E-state index in [9.17, 15) is 13.5 Å². The Morgan fingerprint density at radius 2 is 1.85 bits per heavy atom. The molecule has 1 unspecified atom stereocenters. The van der Waals surface area contributed by atoms with Gasteiger partial charge in [0.15, 0.2) is 0 Å². The van der Waals surface area contributed by atoms with Crippen molar-refractivity contribution in [1.29, 1.82) is 0 Å². The fourth-order valence-electron chi connectivity index (χ4n) is 3.22. The smallest absolute Gasteiger partial charge is 0.282 e. The van der Waals surface area contributed by atoms with E-state index in [4.69, 9.17) is 0 Å². The Bertz CT molecular complexity index is 416. The maximum atomic E-state index is 12.8. The van der Waals surface area contributed by atoms with Crippen LogP contribution in [0.5, 0.6) is 0 Å². The summed E-state index contributed by atoms with van der Waals surface area (Å²) >= 11 is 0. The standard InChI is InChI=1S/C14H28N2O3S/c1-3-14(2)7-10-15(11-8-14)20(18,19)16-9-5-4-6-13(16)12-17/h13,17H,3-12H2,1-2H3. The molecule has 0 radical (unpaired) electrons. The molecule has 2 fully saturated rings. The molecule has 0 bridgehead atoms. The van der Waals surface area contributed by atoms with Crippen LogP contribution in [0.1, 0.15) is 52.4 Å². The monoisotopic (exact) mass is 304 g/mol. The molecule has 2 rings (SSSR count). The van der Waals surface area contributed by atoms with Crippen molar-refractivity contribution < 1.29 is 13.5 Å². The topological polar surface area (TPSA) is 60.9 Å². The van der Waals surface area contributed by atoms with E-state index < -0.39 is 10.2 Å². The maximum Gasteiger partial charge on any atom is 0.282 e. The third kappa shape index (κ3) is 3.18. The van der Waals surface area contributed by atoms with Crippen LogP contribution in [0.15, 0.2) is 0 Å². The Kier molecular flexibility index (Phi) is 5.10. The fourth-order valence-corrected chi connectivity index (χ4v) is 5.07. The summed E-state index contributed by atoms with van der Waals surface area (Å²) in [4.78, 5) is 0. The largest absolute Gasteiger partial charge is 0.395 e. The average Bonchev–Trinajstić information content (AvgIpc) is 2.47. The Balaban J connectivity index is 2.07. The Labute approximate surface area is 123 Å². The quantitative estimate of drug-likeness (QED) is 0.858. The van der Waals surface area contributed by atoms with Gasteiger partial charge in [0.1, 0.15) is 0 Å². The second kappa shape index (κ2) is 6.30. The first kappa shape index (κ1) is 16.2. The summed E-state index contributed by atoms with van der Waals surface area (Å²) in [5.41, 5.74) is 0.282. The van der Waals surface area contributed by atoms with Crippen LogP contribution in [0.2, 0.25) is 0 Å². The van der Waals surface area contributed by atoms with E-state index in [0.717, 1.165) is 38.5 Å². The van der Waals surface area contributed by atoms with Crippen LogP contribution in [-0.2, 0) is 10.2 Å². The van der Waals surface area contributed by atoms with Crippen LogP contribution < -0.4 is 0 Å². The molecule has 6 heteroatoms. The summed E-state index contributed by atoms with van der Waals surface area (Å²) in [5, 5.41) is 9.42. The minimum absolute atomic E-state index is 0.0697. The molecule has 0 aliphatic carbocycles. The Morgan fingerprint density at radius 3 is 2.40 bits per heavy atom. The van der Waals surface area contributed by atoms with Gasteiger partial charge in [0.25, 0.3) is 10.2 Å². The predicted molar refractivity (Wildman–Crippen MR) is 79.6 cm³/mol. The molecule has 2 heterocycles. The molecule has 0 aromatic heterocycles. The molecule has 1 atom stereocenters. The molecule has 5 nitrogen and oxygen atoms in total. The summed E-state index contributed by atoms with van der Waals surface area (Å²) in [7, 11) is -3.40. The zero-order valence-electron chi connectivity index (χ0n) is 12.7. The van der Waals surface area contributed by atoms with Gasteiger partial charge >= 0.3 is 0 Å². The molecule has 20 heavy (non-hydrogen) atoms. The number of piperidine rings is 2. The zero-order valence-corrected chi connectivity index (χ0v) is 13.5. The van der Waals surface area contributed by atoms with Crippen molar-refractivity contribution in [2.24, 2.45) is 5.41 Å². The number of hydrogen-bond acceptors (Lipinski definition) is 3. The van der Waals surface area contributed by atoms with Gasteiger partial charge in [0.2, 0.25) is 0 Å². The van der Waals surface area contributed by atoms with Crippen LogP contribution >= 0.6 is 0 Å². The molecule has 0 amide bonds. The van der Waals surface area contributed by atoms with Crippen molar-refractivity contribution in [2.75, 3.05) is 26.2 Å². The van der Waals surface area contributed by atoms with Gasteiger partial charge in [-0.05, 0) is 31.1 Å². The second-order valence-electron chi connectivity index (χ2n) is 6.51. The summed E-state index contributed by atoms with van der Waals surface area (Å²) in [5.74, 6) is 0. The predicted octanol–water partition coefficient (Wildman–Crippen LogP) is 1.59. The molecular formula is C14H28N2O3S. The highest BCUT2D eigenvalue weighted by Gasteiger charge is 2.39. The molecule has 0 aromatic carbocycles.